The fourth-order valence-electron chi connectivity index (χ4n) is 1.67. The van der Waals surface area contributed by atoms with E-state index in [-0.39, 0.29) is 5.78 Å². The number of carbonyl (C=O) groups is 1. The highest BCUT2D eigenvalue weighted by Crippen LogP contribution is 2.25. The Morgan fingerprint density at radius 3 is 2.62 bits per heavy atom. The molecule has 0 atom stereocenters. The number of aryl methyl sites for hydroxylation is 1. The lowest BCUT2D eigenvalue weighted by Gasteiger charge is -1.99. The average Bonchev–Trinajstić information content (AvgIpc) is 2.71. The number of nitrogens with zero attached hydrogens (tertiary/aromatic N) is 1. The smallest absolute Gasteiger partial charge is 0.168 e. The highest BCUT2D eigenvalue weighted by molar-refractivity contribution is 6.02. The molecule has 1 heterocycles. The fourth-order valence-corrected chi connectivity index (χ4v) is 1.67. The molecule has 2 aromatic rings. The summed E-state index contributed by atoms with van der Waals surface area (Å²) in [6.45, 7) is 3.60. The SMILES string of the molecule is CCC(=O)c1c(-c2ccccc2)noc1C. The zero-order valence-corrected chi connectivity index (χ0v) is 9.36. The molecule has 0 N–H and O–H groups in total. The van der Waals surface area contributed by atoms with Gasteiger partial charge in [0.15, 0.2) is 5.78 Å². The molecule has 0 spiro atoms. The number of rotatable bonds is 3. The van der Waals surface area contributed by atoms with Gasteiger partial charge >= 0.3 is 0 Å². The van der Waals surface area contributed by atoms with Crippen LogP contribution in [0.2, 0.25) is 0 Å². The minimum absolute atomic E-state index is 0.0672. The average molecular weight is 215 g/mol. The van der Waals surface area contributed by atoms with Crippen molar-refractivity contribution in [1.82, 2.24) is 5.16 Å². The largest absolute Gasteiger partial charge is 0.360 e. The van der Waals surface area contributed by atoms with Crippen molar-refractivity contribution in [3.05, 3.63) is 41.7 Å². The molecule has 1 aromatic carbocycles. The molecule has 0 aliphatic rings. The molecule has 16 heavy (non-hydrogen) atoms. The summed E-state index contributed by atoms with van der Waals surface area (Å²) in [5.41, 5.74) is 2.16. The number of carbonyl (C=O) groups excluding carboxylic acids is 1. The first-order chi connectivity index (χ1) is 7.74. The molecule has 0 fully saturated rings. The van der Waals surface area contributed by atoms with Gasteiger partial charge in [-0.3, -0.25) is 4.79 Å². The van der Waals surface area contributed by atoms with E-state index in [4.69, 9.17) is 4.52 Å². The Morgan fingerprint density at radius 1 is 1.31 bits per heavy atom. The van der Waals surface area contributed by atoms with Gasteiger partial charge in [-0.25, -0.2) is 0 Å². The molecule has 3 heteroatoms. The molecule has 3 nitrogen and oxygen atoms in total. The van der Waals surface area contributed by atoms with Gasteiger partial charge in [0.2, 0.25) is 0 Å². The topological polar surface area (TPSA) is 43.1 Å². The normalized spacial score (nSPS) is 10.4. The lowest BCUT2D eigenvalue weighted by Crippen LogP contribution is -1.99. The maximum atomic E-state index is 11.8. The molecule has 0 aliphatic heterocycles. The van der Waals surface area contributed by atoms with Crippen LogP contribution in [0.1, 0.15) is 29.5 Å². The van der Waals surface area contributed by atoms with Crippen LogP contribution < -0.4 is 0 Å². The molecule has 82 valence electrons. The predicted molar refractivity (Wildman–Crippen MR) is 61.3 cm³/mol. The monoisotopic (exact) mass is 215 g/mol. The van der Waals surface area contributed by atoms with Crippen LogP contribution >= 0.6 is 0 Å². The summed E-state index contributed by atoms with van der Waals surface area (Å²) in [6.07, 6.45) is 0.460. The van der Waals surface area contributed by atoms with Crippen molar-refractivity contribution in [3.63, 3.8) is 0 Å². The number of benzene rings is 1. The lowest BCUT2D eigenvalue weighted by atomic mass is 10.0. The van der Waals surface area contributed by atoms with Crippen molar-refractivity contribution in [2.24, 2.45) is 0 Å². The molecule has 0 aliphatic carbocycles. The second-order valence-corrected chi connectivity index (χ2v) is 3.61. The van der Waals surface area contributed by atoms with Crippen LogP contribution in [0.5, 0.6) is 0 Å². The Morgan fingerprint density at radius 2 is 2.00 bits per heavy atom. The van der Waals surface area contributed by atoms with E-state index in [0.717, 1.165) is 5.56 Å². The van der Waals surface area contributed by atoms with Crippen LogP contribution in [-0.4, -0.2) is 10.9 Å². The van der Waals surface area contributed by atoms with Gasteiger partial charge in [0, 0.05) is 12.0 Å². The zero-order chi connectivity index (χ0) is 11.5. The van der Waals surface area contributed by atoms with Crippen LogP contribution in [0.15, 0.2) is 34.9 Å². The number of Topliss-reactive ketones (excluding diaryl/α,β-unsaturated/α-hetero) is 1. The maximum Gasteiger partial charge on any atom is 0.168 e. The van der Waals surface area contributed by atoms with E-state index in [1.165, 1.54) is 0 Å². The molecule has 0 amide bonds. The van der Waals surface area contributed by atoms with Crippen molar-refractivity contribution < 1.29 is 9.32 Å². The number of ketones is 1. The van der Waals surface area contributed by atoms with E-state index >= 15 is 0 Å². The Kier molecular flexibility index (Phi) is 2.86. The van der Waals surface area contributed by atoms with Crippen molar-refractivity contribution >= 4 is 5.78 Å². The molecular weight excluding hydrogens is 202 g/mol. The molecule has 0 saturated carbocycles. The van der Waals surface area contributed by atoms with Gasteiger partial charge in [-0.05, 0) is 6.92 Å². The van der Waals surface area contributed by atoms with Crippen LogP contribution in [-0.2, 0) is 0 Å². The van der Waals surface area contributed by atoms with Crippen LogP contribution in [0.4, 0.5) is 0 Å². The summed E-state index contributed by atoms with van der Waals surface area (Å²) in [4.78, 5) is 11.8. The maximum absolute atomic E-state index is 11.8. The highest BCUT2D eigenvalue weighted by Gasteiger charge is 2.19. The molecular formula is C13H13NO2. The van der Waals surface area contributed by atoms with Gasteiger partial charge in [0.05, 0.1) is 5.56 Å². The summed E-state index contributed by atoms with van der Waals surface area (Å²) in [6, 6.07) is 9.60. The number of hydrogen-bond donors (Lipinski definition) is 0. The predicted octanol–water partition coefficient (Wildman–Crippen LogP) is 3.24. The van der Waals surface area contributed by atoms with E-state index in [1.807, 2.05) is 37.3 Å². The minimum atomic E-state index is 0.0672. The lowest BCUT2D eigenvalue weighted by molar-refractivity contribution is 0.0987. The summed E-state index contributed by atoms with van der Waals surface area (Å²) in [5, 5.41) is 3.96. The van der Waals surface area contributed by atoms with Gasteiger partial charge in [0.25, 0.3) is 0 Å². The minimum Gasteiger partial charge on any atom is -0.360 e. The van der Waals surface area contributed by atoms with E-state index in [0.29, 0.717) is 23.4 Å². The van der Waals surface area contributed by atoms with Crippen LogP contribution in [0.3, 0.4) is 0 Å². The Labute approximate surface area is 94.1 Å². The summed E-state index contributed by atoms with van der Waals surface area (Å²) >= 11 is 0. The van der Waals surface area contributed by atoms with Gasteiger partial charge in [-0.1, -0.05) is 42.4 Å². The second-order valence-electron chi connectivity index (χ2n) is 3.61. The van der Waals surface area contributed by atoms with E-state index in [9.17, 15) is 4.79 Å². The molecule has 1 aromatic heterocycles. The first-order valence-electron chi connectivity index (χ1n) is 5.29. The van der Waals surface area contributed by atoms with E-state index < -0.39 is 0 Å². The molecule has 2 rings (SSSR count). The molecule has 0 bridgehead atoms. The Bertz CT molecular complexity index is 500. The number of aromatic nitrogens is 1. The van der Waals surface area contributed by atoms with E-state index in [2.05, 4.69) is 5.16 Å². The highest BCUT2D eigenvalue weighted by atomic mass is 16.5. The van der Waals surface area contributed by atoms with Gasteiger partial charge in [-0.15, -0.1) is 0 Å². The van der Waals surface area contributed by atoms with Gasteiger partial charge in [-0.2, -0.15) is 0 Å². The third-order valence-corrected chi connectivity index (χ3v) is 2.51. The number of hydrogen-bond acceptors (Lipinski definition) is 3. The summed E-state index contributed by atoms with van der Waals surface area (Å²) in [5.74, 6) is 0.656. The first kappa shape index (κ1) is 10.6. The van der Waals surface area contributed by atoms with Crippen molar-refractivity contribution in [2.45, 2.75) is 20.3 Å². The van der Waals surface area contributed by atoms with Crippen molar-refractivity contribution in [1.29, 1.82) is 0 Å². The van der Waals surface area contributed by atoms with Crippen molar-refractivity contribution in [2.75, 3.05) is 0 Å². The van der Waals surface area contributed by atoms with E-state index in [1.54, 1.807) is 6.92 Å². The third-order valence-electron chi connectivity index (χ3n) is 2.51. The standard InChI is InChI=1S/C13H13NO2/c1-3-11(15)12-9(2)16-14-13(12)10-7-5-4-6-8-10/h4-8H,3H2,1-2H3. The third kappa shape index (κ3) is 1.76. The first-order valence-corrected chi connectivity index (χ1v) is 5.29. The molecule has 0 radical (unpaired) electrons. The second kappa shape index (κ2) is 4.31. The van der Waals surface area contributed by atoms with Gasteiger partial charge < -0.3 is 4.52 Å². The van der Waals surface area contributed by atoms with Gasteiger partial charge in [0.1, 0.15) is 11.5 Å². The summed E-state index contributed by atoms with van der Waals surface area (Å²) in [7, 11) is 0. The van der Waals surface area contributed by atoms with Crippen molar-refractivity contribution in [3.8, 4) is 11.3 Å². The molecule has 0 saturated heterocycles. The van der Waals surface area contributed by atoms with Crippen LogP contribution in [0, 0.1) is 6.92 Å². The summed E-state index contributed by atoms with van der Waals surface area (Å²) < 4.78 is 5.10. The quantitative estimate of drug-likeness (QED) is 0.738. The Hall–Kier alpha value is -1.90. The van der Waals surface area contributed by atoms with Crippen LogP contribution in [0.25, 0.3) is 11.3 Å². The molecule has 0 unspecified atom stereocenters. The Balaban J connectivity index is 2.55. The zero-order valence-electron chi connectivity index (χ0n) is 9.36. The fraction of sp³-hybridized carbons (Fsp3) is 0.231.